The SMILES string of the molecule is CCOC(=O)COc1ccc(/C=C2/SC(=Nc3ccc(OCC)cc3)NC2=O)cc1I. The van der Waals surface area contributed by atoms with Crippen molar-refractivity contribution in [1.82, 2.24) is 5.32 Å². The van der Waals surface area contributed by atoms with Crippen molar-refractivity contribution in [2.24, 2.45) is 4.99 Å². The smallest absolute Gasteiger partial charge is 0.344 e. The van der Waals surface area contributed by atoms with Crippen LogP contribution in [0.5, 0.6) is 11.5 Å². The van der Waals surface area contributed by atoms with Crippen molar-refractivity contribution < 1.29 is 23.8 Å². The highest BCUT2D eigenvalue weighted by Gasteiger charge is 2.24. The van der Waals surface area contributed by atoms with Gasteiger partial charge in [-0.3, -0.25) is 4.79 Å². The van der Waals surface area contributed by atoms with Crippen LogP contribution in [0.4, 0.5) is 5.69 Å². The van der Waals surface area contributed by atoms with Gasteiger partial charge in [-0.25, -0.2) is 9.79 Å². The van der Waals surface area contributed by atoms with E-state index in [9.17, 15) is 9.59 Å². The zero-order valence-corrected chi connectivity index (χ0v) is 20.0. The summed E-state index contributed by atoms with van der Waals surface area (Å²) in [6, 6.07) is 12.8. The van der Waals surface area contributed by atoms with E-state index >= 15 is 0 Å². The fourth-order valence-corrected chi connectivity index (χ4v) is 4.13. The highest BCUT2D eigenvalue weighted by atomic mass is 127. The average molecular weight is 552 g/mol. The number of benzene rings is 2. The number of ether oxygens (including phenoxy) is 3. The Bertz CT molecular complexity index is 1020. The molecule has 2 aromatic carbocycles. The van der Waals surface area contributed by atoms with Gasteiger partial charge in [0.1, 0.15) is 11.5 Å². The first-order valence-corrected chi connectivity index (χ1v) is 11.5. The van der Waals surface area contributed by atoms with Gasteiger partial charge in [0.05, 0.1) is 27.4 Å². The molecule has 2 aromatic rings. The summed E-state index contributed by atoms with van der Waals surface area (Å²) in [5.74, 6) is 0.742. The number of amides is 1. The second kappa shape index (κ2) is 11.2. The third kappa shape index (κ3) is 6.73. The average Bonchev–Trinajstić information content (AvgIpc) is 3.08. The van der Waals surface area contributed by atoms with Crippen LogP contribution in [0.25, 0.3) is 6.08 Å². The Balaban J connectivity index is 1.67. The molecule has 1 amide bonds. The number of halogens is 1. The Hall–Kier alpha value is -2.53. The molecule has 3 rings (SSSR count). The maximum absolute atomic E-state index is 12.3. The van der Waals surface area contributed by atoms with Crippen LogP contribution in [0.1, 0.15) is 19.4 Å². The molecule has 1 fully saturated rings. The van der Waals surface area contributed by atoms with E-state index in [2.05, 4.69) is 32.9 Å². The van der Waals surface area contributed by atoms with Crippen molar-refractivity contribution in [2.45, 2.75) is 13.8 Å². The maximum atomic E-state index is 12.3. The van der Waals surface area contributed by atoms with Gasteiger partial charge in [0.15, 0.2) is 11.8 Å². The van der Waals surface area contributed by atoms with Gasteiger partial charge in [-0.1, -0.05) is 6.07 Å². The third-order valence-electron chi connectivity index (χ3n) is 3.93. The Morgan fingerprint density at radius 3 is 2.58 bits per heavy atom. The monoisotopic (exact) mass is 552 g/mol. The van der Waals surface area contributed by atoms with E-state index in [1.165, 1.54) is 11.8 Å². The molecule has 0 radical (unpaired) electrons. The highest BCUT2D eigenvalue weighted by Crippen LogP contribution is 2.30. The highest BCUT2D eigenvalue weighted by molar-refractivity contribution is 14.1. The molecular weight excluding hydrogens is 531 g/mol. The van der Waals surface area contributed by atoms with E-state index in [1.54, 1.807) is 19.1 Å². The topological polar surface area (TPSA) is 86.2 Å². The fourth-order valence-electron chi connectivity index (χ4n) is 2.60. The first-order chi connectivity index (χ1) is 15.0. The van der Waals surface area contributed by atoms with Crippen LogP contribution in [0.2, 0.25) is 0 Å². The molecule has 1 aliphatic heterocycles. The number of nitrogens with one attached hydrogen (secondary N) is 1. The zero-order chi connectivity index (χ0) is 22.2. The van der Waals surface area contributed by atoms with Crippen molar-refractivity contribution in [2.75, 3.05) is 19.8 Å². The first-order valence-electron chi connectivity index (χ1n) is 9.59. The fraction of sp³-hybridized carbons (Fsp3) is 0.227. The van der Waals surface area contributed by atoms with Crippen LogP contribution in [-0.4, -0.2) is 36.9 Å². The first kappa shape index (κ1) is 23.1. The molecule has 0 bridgehead atoms. The molecule has 0 aliphatic carbocycles. The Labute approximate surface area is 198 Å². The van der Waals surface area contributed by atoms with Gasteiger partial charge in [-0.2, -0.15) is 0 Å². The zero-order valence-electron chi connectivity index (χ0n) is 17.0. The molecule has 1 aliphatic rings. The van der Waals surface area contributed by atoms with Gasteiger partial charge in [-0.05, 0) is 96.2 Å². The summed E-state index contributed by atoms with van der Waals surface area (Å²) in [6.07, 6.45) is 1.79. The molecule has 0 atom stereocenters. The summed E-state index contributed by atoms with van der Waals surface area (Å²) in [7, 11) is 0. The Morgan fingerprint density at radius 1 is 1.13 bits per heavy atom. The van der Waals surface area contributed by atoms with Gasteiger partial charge < -0.3 is 19.5 Å². The molecular formula is C22H21IN2O5S. The van der Waals surface area contributed by atoms with Crippen molar-refractivity contribution in [3.8, 4) is 11.5 Å². The van der Waals surface area contributed by atoms with Crippen molar-refractivity contribution in [3.05, 3.63) is 56.5 Å². The molecule has 0 aromatic heterocycles. The number of esters is 1. The number of hydrogen-bond donors (Lipinski definition) is 1. The van der Waals surface area contributed by atoms with Crippen LogP contribution in [0, 0.1) is 3.57 Å². The summed E-state index contributed by atoms with van der Waals surface area (Å²) in [5, 5.41) is 3.30. The van der Waals surface area contributed by atoms with Gasteiger partial charge >= 0.3 is 5.97 Å². The lowest BCUT2D eigenvalue weighted by molar-refractivity contribution is -0.145. The van der Waals surface area contributed by atoms with E-state index in [1.807, 2.05) is 43.3 Å². The standard InChI is InChI=1S/C22H21IN2O5S/c1-3-28-16-8-6-15(7-9-16)24-22-25-21(27)19(31-22)12-14-5-10-18(17(23)11-14)30-13-20(26)29-4-2/h5-12H,3-4,13H2,1-2H3,(H,24,25,27)/b19-12+. The lowest BCUT2D eigenvalue weighted by atomic mass is 10.2. The Morgan fingerprint density at radius 2 is 1.90 bits per heavy atom. The van der Waals surface area contributed by atoms with Crippen LogP contribution >= 0.6 is 34.4 Å². The van der Waals surface area contributed by atoms with Crippen LogP contribution in [-0.2, 0) is 14.3 Å². The number of aliphatic imine (C=N–C) groups is 1. The summed E-state index contributed by atoms with van der Waals surface area (Å²) < 4.78 is 16.6. The summed E-state index contributed by atoms with van der Waals surface area (Å²) in [5.41, 5.74) is 1.57. The van der Waals surface area contributed by atoms with E-state index in [0.717, 1.165) is 20.6 Å². The molecule has 31 heavy (non-hydrogen) atoms. The minimum absolute atomic E-state index is 0.145. The summed E-state index contributed by atoms with van der Waals surface area (Å²) in [4.78, 5) is 28.8. The summed E-state index contributed by atoms with van der Waals surface area (Å²) in [6.45, 7) is 4.45. The third-order valence-corrected chi connectivity index (χ3v) is 5.69. The minimum Gasteiger partial charge on any atom is -0.494 e. The van der Waals surface area contributed by atoms with E-state index in [0.29, 0.717) is 29.0 Å². The number of rotatable bonds is 8. The number of thioether (sulfide) groups is 1. The second-order valence-electron chi connectivity index (χ2n) is 6.19. The minimum atomic E-state index is -0.414. The molecule has 1 heterocycles. The molecule has 7 nitrogen and oxygen atoms in total. The van der Waals surface area contributed by atoms with Gasteiger partial charge in [0.2, 0.25) is 0 Å². The number of carbonyl (C=O) groups excluding carboxylic acids is 2. The van der Waals surface area contributed by atoms with Gasteiger partial charge in [0.25, 0.3) is 5.91 Å². The normalized spacial score (nSPS) is 15.8. The van der Waals surface area contributed by atoms with Gasteiger partial charge in [-0.15, -0.1) is 0 Å². The summed E-state index contributed by atoms with van der Waals surface area (Å²) >= 11 is 3.40. The quantitative estimate of drug-likeness (QED) is 0.295. The molecule has 162 valence electrons. The van der Waals surface area contributed by atoms with Crippen molar-refractivity contribution >= 4 is 63.2 Å². The number of nitrogens with zero attached hydrogens (tertiary/aromatic N) is 1. The molecule has 9 heteroatoms. The lowest BCUT2D eigenvalue weighted by Crippen LogP contribution is -2.19. The molecule has 0 spiro atoms. The largest absolute Gasteiger partial charge is 0.494 e. The van der Waals surface area contributed by atoms with Crippen LogP contribution in [0.15, 0.2) is 52.4 Å². The van der Waals surface area contributed by atoms with E-state index in [-0.39, 0.29) is 12.5 Å². The Kier molecular flexibility index (Phi) is 8.35. The van der Waals surface area contributed by atoms with Crippen LogP contribution in [0.3, 0.4) is 0 Å². The van der Waals surface area contributed by atoms with Crippen molar-refractivity contribution in [1.29, 1.82) is 0 Å². The predicted molar refractivity (Wildman–Crippen MR) is 130 cm³/mol. The molecule has 1 N–H and O–H groups in total. The predicted octanol–water partition coefficient (Wildman–Crippen LogP) is 4.52. The van der Waals surface area contributed by atoms with E-state index in [4.69, 9.17) is 14.2 Å². The van der Waals surface area contributed by atoms with Crippen molar-refractivity contribution in [3.63, 3.8) is 0 Å². The lowest BCUT2D eigenvalue weighted by Gasteiger charge is -2.08. The van der Waals surface area contributed by atoms with E-state index < -0.39 is 5.97 Å². The maximum Gasteiger partial charge on any atom is 0.344 e. The molecule has 1 saturated heterocycles. The number of carbonyl (C=O) groups is 2. The number of hydrogen-bond acceptors (Lipinski definition) is 7. The molecule has 0 saturated carbocycles. The molecule has 0 unspecified atom stereocenters. The van der Waals surface area contributed by atoms with Crippen LogP contribution < -0.4 is 14.8 Å². The van der Waals surface area contributed by atoms with Gasteiger partial charge in [0, 0.05) is 0 Å². The number of amidine groups is 1. The second-order valence-corrected chi connectivity index (χ2v) is 8.39.